The van der Waals surface area contributed by atoms with Gasteiger partial charge in [-0.15, -0.1) is 6.42 Å². The molecule has 80 valence electrons. The molecule has 1 atom stereocenters. The summed E-state index contributed by atoms with van der Waals surface area (Å²) < 4.78 is 12.6. The minimum Gasteiger partial charge on any atom is -0.474 e. The molecule has 1 aliphatic heterocycles. The smallest absolute Gasteiger partial charge is 0.227 e. The van der Waals surface area contributed by atoms with Gasteiger partial charge in [0.05, 0.1) is 12.7 Å². The fraction of sp³-hybridized carbons (Fsp3) is 0.444. The quantitative estimate of drug-likeness (QED) is 0.590. The lowest BCUT2D eigenvalue weighted by molar-refractivity contribution is 0.00168. The highest BCUT2D eigenvalue weighted by Gasteiger charge is 2.23. The summed E-state index contributed by atoms with van der Waals surface area (Å²) in [5, 5.41) is 9.60. The van der Waals surface area contributed by atoms with Crippen LogP contribution in [-0.4, -0.2) is 29.1 Å². The molecule has 2 N–H and O–H groups in total. The summed E-state index contributed by atoms with van der Waals surface area (Å²) in [6.45, 7) is 1.43. The standard InChI is InChI=1S/C9H11N3O2S/c1-2-3-13-7-5-12-9(14-6-7)8(15-10)4-11-12/h1,4,7H,3,5-6,10H2. The van der Waals surface area contributed by atoms with Gasteiger partial charge in [0.1, 0.15) is 24.2 Å². The van der Waals surface area contributed by atoms with Gasteiger partial charge in [-0.05, 0) is 11.9 Å². The first kappa shape index (κ1) is 10.4. The Morgan fingerprint density at radius 1 is 1.87 bits per heavy atom. The molecule has 1 aromatic rings. The normalized spacial score (nSPS) is 19.1. The van der Waals surface area contributed by atoms with Crippen molar-refractivity contribution in [2.24, 2.45) is 5.14 Å². The summed E-state index contributed by atoms with van der Waals surface area (Å²) in [4.78, 5) is 0.838. The molecule has 0 bridgehead atoms. The van der Waals surface area contributed by atoms with Gasteiger partial charge in [0.15, 0.2) is 0 Å². The molecule has 0 spiro atoms. The lowest BCUT2D eigenvalue weighted by Crippen LogP contribution is -2.33. The van der Waals surface area contributed by atoms with E-state index in [4.69, 9.17) is 21.0 Å². The van der Waals surface area contributed by atoms with E-state index in [2.05, 4.69) is 11.0 Å². The van der Waals surface area contributed by atoms with Crippen LogP contribution in [0.5, 0.6) is 5.88 Å². The minimum absolute atomic E-state index is 0.0379. The topological polar surface area (TPSA) is 62.3 Å². The third-order valence-corrected chi connectivity index (χ3v) is 2.61. The van der Waals surface area contributed by atoms with Crippen molar-refractivity contribution < 1.29 is 9.47 Å². The summed E-state index contributed by atoms with van der Waals surface area (Å²) in [6.07, 6.45) is 6.75. The van der Waals surface area contributed by atoms with E-state index >= 15 is 0 Å². The van der Waals surface area contributed by atoms with Crippen LogP contribution in [0.3, 0.4) is 0 Å². The molecular formula is C9H11N3O2S. The minimum atomic E-state index is -0.0379. The first-order chi connectivity index (χ1) is 7.35. The van der Waals surface area contributed by atoms with Gasteiger partial charge in [-0.2, -0.15) is 5.10 Å². The molecule has 1 unspecified atom stereocenters. The first-order valence-corrected chi connectivity index (χ1v) is 5.33. The Labute approximate surface area is 92.0 Å². The van der Waals surface area contributed by atoms with Crippen LogP contribution in [0.4, 0.5) is 0 Å². The highest BCUT2D eigenvalue weighted by molar-refractivity contribution is 7.97. The number of aromatic nitrogens is 2. The van der Waals surface area contributed by atoms with E-state index in [1.165, 1.54) is 0 Å². The maximum atomic E-state index is 5.50. The lowest BCUT2D eigenvalue weighted by Gasteiger charge is -2.23. The monoisotopic (exact) mass is 225 g/mol. The third-order valence-electron chi connectivity index (χ3n) is 2.07. The maximum absolute atomic E-state index is 5.50. The Bertz CT molecular complexity index is 385. The summed E-state index contributed by atoms with van der Waals surface area (Å²) in [5.41, 5.74) is 0. The number of fused-ring (bicyclic) bond motifs is 1. The predicted molar refractivity (Wildman–Crippen MR) is 56.3 cm³/mol. The Balaban J connectivity index is 2.05. The molecule has 0 radical (unpaired) electrons. The lowest BCUT2D eigenvalue weighted by atomic mass is 10.3. The molecule has 0 fully saturated rings. The van der Waals surface area contributed by atoms with Crippen LogP contribution in [0, 0.1) is 12.3 Å². The van der Waals surface area contributed by atoms with Crippen molar-refractivity contribution in [3.05, 3.63) is 6.20 Å². The van der Waals surface area contributed by atoms with Crippen molar-refractivity contribution in [3.8, 4) is 18.2 Å². The number of hydrogen-bond donors (Lipinski definition) is 1. The van der Waals surface area contributed by atoms with Crippen LogP contribution in [-0.2, 0) is 11.3 Å². The second-order valence-electron chi connectivity index (χ2n) is 3.06. The van der Waals surface area contributed by atoms with Gasteiger partial charge >= 0.3 is 0 Å². The van der Waals surface area contributed by atoms with Crippen molar-refractivity contribution in [1.82, 2.24) is 9.78 Å². The van der Waals surface area contributed by atoms with Crippen molar-refractivity contribution >= 4 is 11.9 Å². The zero-order chi connectivity index (χ0) is 10.7. The largest absolute Gasteiger partial charge is 0.474 e. The van der Waals surface area contributed by atoms with Crippen molar-refractivity contribution in [2.75, 3.05) is 13.2 Å². The number of terminal acetylenes is 1. The van der Waals surface area contributed by atoms with Gasteiger partial charge in [-0.3, -0.25) is 5.14 Å². The second-order valence-corrected chi connectivity index (χ2v) is 3.74. The fourth-order valence-electron chi connectivity index (χ4n) is 1.40. The molecule has 2 rings (SSSR count). The Morgan fingerprint density at radius 2 is 2.73 bits per heavy atom. The van der Waals surface area contributed by atoms with Crippen molar-refractivity contribution in [3.63, 3.8) is 0 Å². The summed E-state index contributed by atoms with van der Waals surface area (Å²) in [6, 6.07) is 0. The SMILES string of the molecule is C#CCOC1COc2c(SN)cnn2C1. The van der Waals surface area contributed by atoms with E-state index in [0.717, 1.165) is 16.8 Å². The van der Waals surface area contributed by atoms with Crippen LogP contribution in [0.2, 0.25) is 0 Å². The van der Waals surface area contributed by atoms with Crippen LogP contribution in [0.1, 0.15) is 0 Å². The molecule has 6 heteroatoms. The van der Waals surface area contributed by atoms with Gasteiger partial charge in [0.2, 0.25) is 5.88 Å². The average Bonchev–Trinajstić information content (AvgIpc) is 2.68. The highest BCUT2D eigenvalue weighted by atomic mass is 32.2. The van der Waals surface area contributed by atoms with E-state index in [0.29, 0.717) is 25.6 Å². The van der Waals surface area contributed by atoms with Crippen molar-refractivity contribution in [1.29, 1.82) is 0 Å². The summed E-state index contributed by atoms with van der Waals surface area (Å²) in [7, 11) is 0. The predicted octanol–water partition coefficient (Wildman–Crippen LogP) is 0.260. The molecule has 0 saturated heterocycles. The highest BCUT2D eigenvalue weighted by Crippen LogP contribution is 2.28. The number of ether oxygens (including phenoxy) is 2. The molecule has 5 nitrogen and oxygen atoms in total. The zero-order valence-electron chi connectivity index (χ0n) is 8.05. The molecule has 1 aliphatic rings. The number of rotatable bonds is 3. The Kier molecular flexibility index (Phi) is 3.16. The maximum Gasteiger partial charge on any atom is 0.227 e. The summed E-state index contributed by atoms with van der Waals surface area (Å²) >= 11 is 1.13. The number of hydrogen-bond acceptors (Lipinski definition) is 5. The van der Waals surface area contributed by atoms with E-state index in [9.17, 15) is 0 Å². The molecule has 0 saturated carbocycles. The van der Waals surface area contributed by atoms with Gasteiger partial charge in [-0.1, -0.05) is 5.92 Å². The average molecular weight is 225 g/mol. The molecule has 15 heavy (non-hydrogen) atoms. The van der Waals surface area contributed by atoms with Gasteiger partial charge < -0.3 is 9.47 Å². The van der Waals surface area contributed by atoms with E-state index in [1.54, 1.807) is 10.9 Å². The van der Waals surface area contributed by atoms with Gasteiger partial charge in [0.25, 0.3) is 0 Å². The van der Waals surface area contributed by atoms with E-state index in [1.807, 2.05) is 0 Å². The molecule has 2 heterocycles. The third kappa shape index (κ3) is 2.09. The molecule has 0 amide bonds. The van der Waals surface area contributed by atoms with Crippen LogP contribution in [0.15, 0.2) is 11.1 Å². The second kappa shape index (κ2) is 4.57. The Morgan fingerprint density at radius 3 is 3.47 bits per heavy atom. The zero-order valence-corrected chi connectivity index (χ0v) is 8.87. The van der Waals surface area contributed by atoms with Gasteiger partial charge in [0, 0.05) is 0 Å². The molecule has 1 aromatic heterocycles. The van der Waals surface area contributed by atoms with Gasteiger partial charge in [-0.25, -0.2) is 4.68 Å². The summed E-state index contributed by atoms with van der Waals surface area (Å²) in [5.74, 6) is 3.13. The number of nitrogens with zero attached hydrogens (tertiary/aromatic N) is 2. The van der Waals surface area contributed by atoms with Crippen LogP contribution >= 0.6 is 11.9 Å². The number of nitrogens with two attached hydrogens (primary N) is 1. The molecule has 0 aliphatic carbocycles. The first-order valence-electron chi connectivity index (χ1n) is 4.45. The van der Waals surface area contributed by atoms with E-state index < -0.39 is 0 Å². The van der Waals surface area contributed by atoms with Crippen LogP contribution < -0.4 is 9.88 Å². The van der Waals surface area contributed by atoms with Crippen LogP contribution in [0.25, 0.3) is 0 Å². The molecule has 0 aromatic carbocycles. The van der Waals surface area contributed by atoms with E-state index in [-0.39, 0.29) is 6.10 Å². The fourth-order valence-corrected chi connectivity index (χ4v) is 1.77. The van der Waals surface area contributed by atoms with Crippen molar-refractivity contribution in [2.45, 2.75) is 17.5 Å². The molecular weight excluding hydrogens is 214 g/mol. The Hall–Kier alpha value is -1.16.